The van der Waals surface area contributed by atoms with Crippen molar-refractivity contribution in [1.29, 1.82) is 0 Å². The van der Waals surface area contributed by atoms with Crippen LogP contribution in [-0.4, -0.2) is 22.3 Å². The summed E-state index contributed by atoms with van der Waals surface area (Å²) >= 11 is 6.38. The molecule has 0 radical (unpaired) electrons. The van der Waals surface area contributed by atoms with E-state index in [1.165, 1.54) is 5.56 Å². The molecule has 0 bridgehead atoms. The Bertz CT molecular complexity index is 1620. The first-order valence-electron chi connectivity index (χ1n) is 12.8. The molecule has 5 aromatic rings. The Labute approximate surface area is 227 Å². The van der Waals surface area contributed by atoms with Crippen LogP contribution in [0.2, 0.25) is 5.02 Å². The predicted octanol–water partition coefficient (Wildman–Crippen LogP) is 8.01. The SMILES string of the molecule is CCOc1ccc(C2CC(c3ccc(C)cc3)=NN2c2nc(-c3ccccc3)c3cc(Cl)ccc3n2)cc1. The van der Waals surface area contributed by atoms with Crippen LogP contribution in [0.25, 0.3) is 22.2 Å². The minimum absolute atomic E-state index is 0.0599. The molecule has 5 nitrogen and oxygen atoms in total. The van der Waals surface area contributed by atoms with Gasteiger partial charge in [-0.15, -0.1) is 0 Å². The van der Waals surface area contributed by atoms with Crippen molar-refractivity contribution in [2.75, 3.05) is 11.6 Å². The van der Waals surface area contributed by atoms with Gasteiger partial charge < -0.3 is 4.74 Å². The zero-order chi connectivity index (χ0) is 26.1. The Kier molecular flexibility index (Phi) is 6.52. The molecule has 1 aliphatic heterocycles. The summed E-state index contributed by atoms with van der Waals surface area (Å²) in [5, 5.41) is 8.63. The first kappa shape index (κ1) is 24.1. The van der Waals surface area contributed by atoms with Crippen molar-refractivity contribution < 1.29 is 4.74 Å². The number of aromatic nitrogens is 2. The van der Waals surface area contributed by atoms with Gasteiger partial charge in [-0.25, -0.2) is 15.0 Å². The molecule has 1 aliphatic rings. The van der Waals surface area contributed by atoms with E-state index in [1.54, 1.807) is 0 Å². The quantitative estimate of drug-likeness (QED) is 0.228. The third-order valence-corrected chi connectivity index (χ3v) is 7.00. The summed E-state index contributed by atoms with van der Waals surface area (Å²) < 4.78 is 5.68. The molecule has 0 spiro atoms. The molecule has 1 unspecified atom stereocenters. The van der Waals surface area contributed by atoms with Gasteiger partial charge in [0.2, 0.25) is 5.95 Å². The fourth-order valence-electron chi connectivity index (χ4n) is 4.83. The predicted molar refractivity (Wildman–Crippen MR) is 155 cm³/mol. The van der Waals surface area contributed by atoms with Crippen molar-refractivity contribution in [3.63, 3.8) is 0 Å². The number of halogens is 1. The normalized spacial score (nSPS) is 15.1. The van der Waals surface area contributed by atoms with Gasteiger partial charge in [-0.2, -0.15) is 5.10 Å². The van der Waals surface area contributed by atoms with Crippen LogP contribution in [0.5, 0.6) is 5.75 Å². The lowest BCUT2D eigenvalue weighted by Crippen LogP contribution is -2.21. The van der Waals surface area contributed by atoms with Crippen molar-refractivity contribution >= 4 is 34.2 Å². The van der Waals surface area contributed by atoms with E-state index < -0.39 is 0 Å². The lowest BCUT2D eigenvalue weighted by molar-refractivity contribution is 0.340. The van der Waals surface area contributed by atoms with Crippen molar-refractivity contribution in [1.82, 2.24) is 9.97 Å². The summed E-state index contributed by atoms with van der Waals surface area (Å²) in [5.41, 5.74) is 7.11. The number of aryl methyl sites for hydroxylation is 1. The maximum atomic E-state index is 6.38. The first-order valence-corrected chi connectivity index (χ1v) is 13.2. The van der Waals surface area contributed by atoms with E-state index in [0.717, 1.165) is 51.2 Å². The molecule has 0 amide bonds. The van der Waals surface area contributed by atoms with E-state index in [4.69, 9.17) is 31.4 Å². The third kappa shape index (κ3) is 4.73. The van der Waals surface area contributed by atoms with Crippen LogP contribution in [0.15, 0.2) is 102 Å². The highest BCUT2D eigenvalue weighted by atomic mass is 35.5. The molecule has 6 rings (SSSR count). The Morgan fingerprint density at radius 3 is 2.37 bits per heavy atom. The number of anilines is 1. The molecule has 0 aliphatic carbocycles. The number of benzene rings is 4. The lowest BCUT2D eigenvalue weighted by atomic mass is 9.98. The first-order chi connectivity index (χ1) is 18.6. The number of ether oxygens (including phenoxy) is 1. The third-order valence-electron chi connectivity index (χ3n) is 6.77. The number of hydrogen-bond donors (Lipinski definition) is 0. The Morgan fingerprint density at radius 1 is 0.868 bits per heavy atom. The number of rotatable bonds is 6. The average Bonchev–Trinajstić information content (AvgIpc) is 3.39. The minimum Gasteiger partial charge on any atom is -0.494 e. The van der Waals surface area contributed by atoms with Crippen molar-refractivity contribution in [3.8, 4) is 17.0 Å². The molecule has 188 valence electrons. The summed E-state index contributed by atoms with van der Waals surface area (Å²) in [7, 11) is 0. The molecular formula is C32H27ClN4O. The number of hydrogen-bond acceptors (Lipinski definition) is 5. The number of hydrazone groups is 1. The molecule has 0 saturated carbocycles. The van der Waals surface area contributed by atoms with Crippen LogP contribution < -0.4 is 9.75 Å². The lowest BCUT2D eigenvalue weighted by Gasteiger charge is -2.23. The van der Waals surface area contributed by atoms with Gasteiger partial charge in [-0.05, 0) is 55.3 Å². The standard InChI is InChI=1S/C32H27ClN4O/c1-3-38-26-16-13-23(14-17-26)30-20-29(22-11-9-21(2)10-12-22)36-37(30)32-34-28-18-15-25(33)19-27(28)31(35-32)24-7-5-4-6-8-24/h4-19,30H,3,20H2,1-2H3. The largest absolute Gasteiger partial charge is 0.494 e. The maximum absolute atomic E-state index is 6.38. The monoisotopic (exact) mass is 518 g/mol. The second-order valence-corrected chi connectivity index (χ2v) is 9.82. The van der Waals surface area contributed by atoms with E-state index in [2.05, 4.69) is 55.5 Å². The van der Waals surface area contributed by atoms with Crippen LogP contribution in [-0.2, 0) is 0 Å². The Morgan fingerprint density at radius 2 is 1.63 bits per heavy atom. The van der Waals surface area contributed by atoms with E-state index in [0.29, 0.717) is 17.6 Å². The van der Waals surface area contributed by atoms with Crippen LogP contribution in [0, 0.1) is 6.92 Å². The summed E-state index contributed by atoms with van der Waals surface area (Å²) in [6.07, 6.45) is 0.736. The fourth-order valence-corrected chi connectivity index (χ4v) is 5.01. The van der Waals surface area contributed by atoms with Gasteiger partial charge in [0.1, 0.15) is 5.75 Å². The van der Waals surface area contributed by atoms with Gasteiger partial charge in [-0.3, -0.25) is 0 Å². The van der Waals surface area contributed by atoms with Crippen LogP contribution in [0.3, 0.4) is 0 Å². The maximum Gasteiger partial charge on any atom is 0.247 e. The van der Waals surface area contributed by atoms with Gasteiger partial charge in [0, 0.05) is 22.4 Å². The van der Waals surface area contributed by atoms with Crippen molar-refractivity contribution in [3.05, 3.63) is 119 Å². The van der Waals surface area contributed by atoms with Gasteiger partial charge >= 0.3 is 0 Å². The zero-order valence-electron chi connectivity index (χ0n) is 21.3. The summed E-state index contributed by atoms with van der Waals surface area (Å²) in [5.74, 6) is 1.41. The minimum atomic E-state index is -0.0599. The summed E-state index contributed by atoms with van der Waals surface area (Å²) in [6.45, 7) is 4.71. The molecule has 0 saturated heterocycles. The Hall–Kier alpha value is -4.22. The fraction of sp³-hybridized carbons (Fsp3) is 0.156. The highest BCUT2D eigenvalue weighted by Crippen LogP contribution is 2.38. The molecule has 0 N–H and O–H groups in total. The molecule has 1 atom stereocenters. The molecule has 1 aromatic heterocycles. The van der Waals surface area contributed by atoms with Crippen molar-refractivity contribution in [2.24, 2.45) is 5.10 Å². The summed E-state index contributed by atoms with van der Waals surface area (Å²) in [4.78, 5) is 10.1. The zero-order valence-corrected chi connectivity index (χ0v) is 22.1. The van der Waals surface area contributed by atoms with Crippen LogP contribution in [0.4, 0.5) is 5.95 Å². The molecule has 0 fully saturated rings. The van der Waals surface area contributed by atoms with E-state index in [1.807, 2.05) is 60.5 Å². The van der Waals surface area contributed by atoms with Crippen molar-refractivity contribution in [2.45, 2.75) is 26.3 Å². The van der Waals surface area contributed by atoms with Crippen LogP contribution in [0.1, 0.15) is 36.1 Å². The van der Waals surface area contributed by atoms with Gasteiger partial charge in [0.15, 0.2) is 0 Å². The average molecular weight is 519 g/mol. The van der Waals surface area contributed by atoms with E-state index in [9.17, 15) is 0 Å². The molecular weight excluding hydrogens is 492 g/mol. The topological polar surface area (TPSA) is 50.6 Å². The highest BCUT2D eigenvalue weighted by molar-refractivity contribution is 6.31. The second-order valence-electron chi connectivity index (χ2n) is 9.38. The molecule has 4 aromatic carbocycles. The van der Waals surface area contributed by atoms with Gasteiger partial charge in [0.05, 0.1) is 29.6 Å². The summed E-state index contributed by atoms with van der Waals surface area (Å²) in [6, 6.07) is 32.6. The van der Waals surface area contributed by atoms with Crippen LogP contribution >= 0.6 is 11.6 Å². The Balaban J connectivity index is 1.50. The highest BCUT2D eigenvalue weighted by Gasteiger charge is 2.32. The molecule has 38 heavy (non-hydrogen) atoms. The van der Waals surface area contributed by atoms with Gasteiger partial charge in [-0.1, -0.05) is 83.9 Å². The smallest absolute Gasteiger partial charge is 0.247 e. The second kappa shape index (κ2) is 10.3. The molecule has 2 heterocycles. The number of fused-ring (bicyclic) bond motifs is 1. The number of nitrogens with zero attached hydrogens (tertiary/aromatic N) is 4. The molecule has 6 heteroatoms. The van der Waals surface area contributed by atoms with Gasteiger partial charge in [0.25, 0.3) is 0 Å². The van der Waals surface area contributed by atoms with E-state index >= 15 is 0 Å². The van der Waals surface area contributed by atoms with E-state index in [-0.39, 0.29) is 6.04 Å².